The second-order valence-electron chi connectivity index (χ2n) is 6.39. The molecule has 1 fully saturated rings. The van der Waals surface area contributed by atoms with E-state index in [1.807, 2.05) is 33.2 Å². The fourth-order valence-electron chi connectivity index (χ4n) is 2.83. The van der Waals surface area contributed by atoms with E-state index < -0.39 is 0 Å². The molecule has 24 heavy (non-hydrogen) atoms. The zero-order chi connectivity index (χ0) is 17.4. The van der Waals surface area contributed by atoms with Gasteiger partial charge in [-0.2, -0.15) is 0 Å². The second kappa shape index (κ2) is 9.23. The van der Waals surface area contributed by atoms with Crippen LogP contribution in [0.3, 0.4) is 0 Å². The van der Waals surface area contributed by atoms with Crippen LogP contribution in [0.15, 0.2) is 36.7 Å². The molecule has 0 N–H and O–H groups in total. The highest BCUT2D eigenvalue weighted by atomic mass is 14.9. The fraction of sp³-hybridized carbons (Fsp3) is 0.455. The molecule has 0 amide bonds. The monoisotopic (exact) mass is 320 g/mol. The molecule has 2 nitrogen and oxygen atoms in total. The standard InChI is InChI=1S/C20H22N2.C2H6/c1-15-3-5-17(6-4-15)7-8-18-9-11-19(12-10-18)20-21-13-16(2)14-22-20;1-2/h9-15,17H,3-6H2,1-2H3;1-2H3. The molecule has 126 valence electrons. The smallest absolute Gasteiger partial charge is 0.159 e. The molecule has 3 rings (SSSR count). The predicted molar refractivity (Wildman–Crippen MR) is 102 cm³/mol. The molecule has 1 aliphatic rings. The third-order valence-electron chi connectivity index (χ3n) is 4.36. The summed E-state index contributed by atoms with van der Waals surface area (Å²) >= 11 is 0. The topological polar surface area (TPSA) is 25.8 Å². The van der Waals surface area contributed by atoms with E-state index in [4.69, 9.17) is 0 Å². The van der Waals surface area contributed by atoms with Crippen molar-refractivity contribution in [3.8, 4) is 23.2 Å². The Balaban J connectivity index is 0.00000100. The summed E-state index contributed by atoms with van der Waals surface area (Å²) in [6.45, 7) is 8.34. The van der Waals surface area contributed by atoms with Crippen LogP contribution in [0.2, 0.25) is 0 Å². The minimum Gasteiger partial charge on any atom is -0.236 e. The van der Waals surface area contributed by atoms with Crippen LogP contribution in [0.5, 0.6) is 0 Å². The van der Waals surface area contributed by atoms with Crippen molar-refractivity contribution in [1.29, 1.82) is 0 Å². The number of aryl methyl sites for hydroxylation is 1. The Hall–Kier alpha value is -2.14. The van der Waals surface area contributed by atoms with Crippen LogP contribution in [0.4, 0.5) is 0 Å². The van der Waals surface area contributed by atoms with Gasteiger partial charge in [-0.1, -0.05) is 32.6 Å². The lowest BCUT2D eigenvalue weighted by atomic mass is 9.83. The largest absolute Gasteiger partial charge is 0.236 e. The van der Waals surface area contributed by atoms with E-state index in [2.05, 4.69) is 53.0 Å². The van der Waals surface area contributed by atoms with Crippen LogP contribution >= 0.6 is 0 Å². The summed E-state index contributed by atoms with van der Waals surface area (Å²) < 4.78 is 0. The Morgan fingerprint density at radius 2 is 1.50 bits per heavy atom. The van der Waals surface area contributed by atoms with Gasteiger partial charge in [-0.15, -0.1) is 0 Å². The highest BCUT2D eigenvalue weighted by molar-refractivity contribution is 5.56. The molecule has 0 atom stereocenters. The van der Waals surface area contributed by atoms with Gasteiger partial charge >= 0.3 is 0 Å². The third-order valence-corrected chi connectivity index (χ3v) is 4.36. The van der Waals surface area contributed by atoms with Crippen LogP contribution in [0.1, 0.15) is 57.6 Å². The SMILES string of the molecule is CC.Cc1cnc(-c2ccc(C#CC3CCC(C)CC3)cc2)nc1. The van der Waals surface area contributed by atoms with E-state index >= 15 is 0 Å². The Bertz CT molecular complexity index is 667. The molecule has 0 spiro atoms. The van der Waals surface area contributed by atoms with Crippen molar-refractivity contribution in [3.05, 3.63) is 47.8 Å². The van der Waals surface area contributed by atoms with Gasteiger partial charge in [0, 0.05) is 29.4 Å². The van der Waals surface area contributed by atoms with Gasteiger partial charge in [-0.05, 0) is 68.4 Å². The summed E-state index contributed by atoms with van der Waals surface area (Å²) in [6, 6.07) is 8.24. The number of hydrogen-bond acceptors (Lipinski definition) is 2. The molecule has 2 aromatic rings. The summed E-state index contributed by atoms with van der Waals surface area (Å²) in [7, 11) is 0. The first-order valence-corrected chi connectivity index (χ1v) is 9.11. The molecule has 1 aliphatic carbocycles. The van der Waals surface area contributed by atoms with Crippen molar-refractivity contribution < 1.29 is 0 Å². The minimum atomic E-state index is 0.580. The fourth-order valence-corrected chi connectivity index (χ4v) is 2.83. The maximum atomic E-state index is 4.36. The second-order valence-corrected chi connectivity index (χ2v) is 6.39. The molecule has 1 aromatic carbocycles. The molecular formula is C22H28N2. The van der Waals surface area contributed by atoms with E-state index in [1.54, 1.807) is 0 Å². The van der Waals surface area contributed by atoms with Gasteiger partial charge in [0.1, 0.15) is 0 Å². The molecule has 2 heteroatoms. The van der Waals surface area contributed by atoms with Gasteiger partial charge in [0.05, 0.1) is 0 Å². The Labute approximate surface area is 146 Å². The molecule has 0 aliphatic heterocycles. The highest BCUT2D eigenvalue weighted by Gasteiger charge is 2.15. The van der Waals surface area contributed by atoms with Crippen LogP contribution in [-0.4, -0.2) is 9.97 Å². The molecular weight excluding hydrogens is 292 g/mol. The number of benzene rings is 1. The van der Waals surface area contributed by atoms with Crippen LogP contribution in [0, 0.1) is 30.6 Å². The molecule has 0 saturated heterocycles. The molecule has 0 radical (unpaired) electrons. The van der Waals surface area contributed by atoms with Crippen molar-refractivity contribution in [1.82, 2.24) is 9.97 Å². The first-order valence-electron chi connectivity index (χ1n) is 9.11. The lowest BCUT2D eigenvalue weighted by molar-refractivity contribution is 0.337. The van der Waals surface area contributed by atoms with E-state index in [0.717, 1.165) is 28.4 Å². The molecule has 1 aromatic heterocycles. The van der Waals surface area contributed by atoms with Crippen LogP contribution in [-0.2, 0) is 0 Å². The molecule has 1 heterocycles. The lowest BCUT2D eigenvalue weighted by Crippen LogP contribution is -2.10. The minimum absolute atomic E-state index is 0.580. The number of rotatable bonds is 1. The van der Waals surface area contributed by atoms with Crippen molar-refractivity contribution in [3.63, 3.8) is 0 Å². The van der Waals surface area contributed by atoms with Gasteiger partial charge in [-0.3, -0.25) is 0 Å². The summed E-state index contributed by atoms with van der Waals surface area (Å²) in [4.78, 5) is 8.72. The summed E-state index contributed by atoms with van der Waals surface area (Å²) in [5, 5.41) is 0. The van der Waals surface area contributed by atoms with Gasteiger partial charge in [0.15, 0.2) is 5.82 Å². The quantitative estimate of drug-likeness (QED) is 0.634. The third kappa shape index (κ3) is 5.20. The summed E-state index contributed by atoms with van der Waals surface area (Å²) in [5.74, 6) is 9.00. The first-order chi connectivity index (χ1) is 11.7. The van der Waals surface area contributed by atoms with Crippen molar-refractivity contribution in [2.24, 2.45) is 11.8 Å². The van der Waals surface area contributed by atoms with Crippen molar-refractivity contribution >= 4 is 0 Å². The Kier molecular flexibility index (Phi) is 7.00. The highest BCUT2D eigenvalue weighted by Crippen LogP contribution is 2.27. The first kappa shape index (κ1) is 18.2. The number of hydrogen-bond donors (Lipinski definition) is 0. The number of nitrogens with zero attached hydrogens (tertiary/aromatic N) is 2. The summed E-state index contributed by atoms with van der Waals surface area (Å²) in [5.41, 5.74) is 3.19. The maximum absolute atomic E-state index is 4.36. The predicted octanol–water partition coefficient (Wildman–Crippen LogP) is 5.66. The van der Waals surface area contributed by atoms with Gasteiger partial charge in [0.2, 0.25) is 0 Å². The zero-order valence-corrected chi connectivity index (χ0v) is 15.3. The molecule has 0 bridgehead atoms. The maximum Gasteiger partial charge on any atom is 0.159 e. The van der Waals surface area contributed by atoms with E-state index in [1.165, 1.54) is 25.7 Å². The lowest BCUT2D eigenvalue weighted by Gasteiger charge is -2.21. The van der Waals surface area contributed by atoms with Gasteiger partial charge in [-0.25, -0.2) is 9.97 Å². The van der Waals surface area contributed by atoms with Gasteiger partial charge < -0.3 is 0 Å². The average Bonchev–Trinajstić information content (AvgIpc) is 2.64. The van der Waals surface area contributed by atoms with Crippen molar-refractivity contribution in [2.75, 3.05) is 0 Å². The molecule has 0 unspecified atom stereocenters. The Morgan fingerprint density at radius 3 is 2.08 bits per heavy atom. The zero-order valence-electron chi connectivity index (χ0n) is 15.3. The van der Waals surface area contributed by atoms with E-state index in [0.29, 0.717) is 5.92 Å². The number of aromatic nitrogens is 2. The van der Waals surface area contributed by atoms with Crippen LogP contribution < -0.4 is 0 Å². The van der Waals surface area contributed by atoms with Gasteiger partial charge in [0.25, 0.3) is 0 Å². The van der Waals surface area contributed by atoms with E-state index in [9.17, 15) is 0 Å². The van der Waals surface area contributed by atoms with Crippen molar-refractivity contribution in [2.45, 2.75) is 53.4 Å². The van der Waals surface area contributed by atoms with Crippen LogP contribution in [0.25, 0.3) is 11.4 Å². The van der Waals surface area contributed by atoms with E-state index in [-0.39, 0.29) is 0 Å². The summed E-state index contributed by atoms with van der Waals surface area (Å²) in [6.07, 6.45) is 8.85. The normalized spacial score (nSPS) is 19.5. The average molecular weight is 320 g/mol. The molecule has 1 saturated carbocycles. The Morgan fingerprint density at radius 1 is 0.917 bits per heavy atom.